The molecular weight excluding hydrogens is 262 g/mol. The molecular formula is C14H26ClN3O. The van der Waals surface area contributed by atoms with Crippen molar-refractivity contribution in [1.82, 2.24) is 15.1 Å². The number of rotatable bonds is 9. The summed E-state index contributed by atoms with van der Waals surface area (Å²) < 4.78 is 7.08. The van der Waals surface area contributed by atoms with Gasteiger partial charge in [-0.15, -0.1) is 0 Å². The molecule has 2 atom stereocenters. The third-order valence-corrected chi connectivity index (χ3v) is 3.81. The van der Waals surface area contributed by atoms with Crippen LogP contribution in [0.4, 0.5) is 0 Å². The van der Waals surface area contributed by atoms with Crippen LogP contribution in [0.25, 0.3) is 0 Å². The summed E-state index contributed by atoms with van der Waals surface area (Å²) in [6, 6.07) is 0. The van der Waals surface area contributed by atoms with E-state index in [9.17, 15) is 0 Å². The van der Waals surface area contributed by atoms with Crippen LogP contribution in [-0.2, 0) is 11.3 Å². The normalized spacial score (nSPS) is 14.6. The lowest BCUT2D eigenvalue weighted by Gasteiger charge is -2.22. The molecule has 0 aromatic carbocycles. The summed E-state index contributed by atoms with van der Waals surface area (Å²) in [7, 11) is 1.70. The molecule has 0 radical (unpaired) electrons. The van der Waals surface area contributed by atoms with E-state index in [0.29, 0.717) is 18.4 Å². The van der Waals surface area contributed by atoms with Crippen LogP contribution in [0.2, 0.25) is 5.02 Å². The molecule has 19 heavy (non-hydrogen) atoms. The maximum absolute atomic E-state index is 6.28. The summed E-state index contributed by atoms with van der Waals surface area (Å²) in [4.78, 5) is 0. The van der Waals surface area contributed by atoms with Crippen LogP contribution in [0.5, 0.6) is 0 Å². The van der Waals surface area contributed by atoms with Crippen LogP contribution in [0.15, 0.2) is 6.20 Å². The van der Waals surface area contributed by atoms with E-state index in [-0.39, 0.29) is 0 Å². The van der Waals surface area contributed by atoms with Gasteiger partial charge in [0.2, 0.25) is 0 Å². The molecule has 5 heteroatoms. The van der Waals surface area contributed by atoms with Crippen LogP contribution in [0, 0.1) is 5.92 Å². The lowest BCUT2D eigenvalue weighted by molar-refractivity contribution is 0.181. The van der Waals surface area contributed by atoms with Crippen LogP contribution in [-0.4, -0.2) is 36.6 Å². The fraction of sp³-hybridized carbons (Fsp3) is 0.786. The minimum absolute atomic E-state index is 0.371. The fourth-order valence-corrected chi connectivity index (χ4v) is 2.45. The minimum Gasteiger partial charge on any atom is -0.383 e. The molecule has 0 aliphatic heterocycles. The molecule has 1 N–H and O–H groups in total. The van der Waals surface area contributed by atoms with Crippen LogP contribution in [0.1, 0.15) is 38.8 Å². The molecule has 0 saturated heterocycles. The predicted octanol–water partition coefficient (Wildman–Crippen LogP) is 2.92. The standard InChI is InChI=1S/C14H26ClN3O/c1-5-6-16-9-11(2)12(3)14-13(15)10-17-18(14)7-8-19-4/h10-12,16H,5-9H2,1-4H3. The molecule has 0 bridgehead atoms. The van der Waals surface area contributed by atoms with Crippen LogP contribution >= 0.6 is 11.6 Å². The van der Waals surface area contributed by atoms with E-state index >= 15 is 0 Å². The van der Waals surface area contributed by atoms with Crippen LogP contribution in [0.3, 0.4) is 0 Å². The van der Waals surface area contributed by atoms with Gasteiger partial charge in [0.05, 0.1) is 30.1 Å². The molecule has 1 aromatic rings. The summed E-state index contributed by atoms with van der Waals surface area (Å²) in [5.41, 5.74) is 1.12. The van der Waals surface area contributed by atoms with Crippen molar-refractivity contribution in [3.8, 4) is 0 Å². The molecule has 0 aliphatic carbocycles. The quantitative estimate of drug-likeness (QED) is 0.710. The first-order valence-corrected chi connectivity index (χ1v) is 7.40. The molecule has 0 amide bonds. The van der Waals surface area contributed by atoms with Crippen molar-refractivity contribution in [3.63, 3.8) is 0 Å². The first kappa shape index (κ1) is 16.5. The smallest absolute Gasteiger partial charge is 0.0820 e. The topological polar surface area (TPSA) is 39.1 Å². The molecule has 2 unspecified atom stereocenters. The van der Waals surface area contributed by atoms with E-state index in [2.05, 4.69) is 31.2 Å². The van der Waals surface area contributed by atoms with Gasteiger partial charge in [-0.25, -0.2) is 0 Å². The molecule has 0 saturated carbocycles. The van der Waals surface area contributed by atoms with Crippen molar-refractivity contribution in [2.24, 2.45) is 5.92 Å². The number of methoxy groups -OCH3 is 1. The van der Waals surface area contributed by atoms with Gasteiger partial charge in [-0.3, -0.25) is 4.68 Å². The van der Waals surface area contributed by atoms with Gasteiger partial charge in [0.25, 0.3) is 0 Å². The summed E-state index contributed by atoms with van der Waals surface area (Å²) >= 11 is 6.28. The van der Waals surface area contributed by atoms with Gasteiger partial charge >= 0.3 is 0 Å². The van der Waals surface area contributed by atoms with Crippen LogP contribution < -0.4 is 5.32 Å². The third-order valence-electron chi connectivity index (χ3n) is 3.52. The second-order valence-corrected chi connectivity index (χ2v) is 5.47. The Morgan fingerprint density at radius 2 is 2.21 bits per heavy atom. The number of hydrogen-bond donors (Lipinski definition) is 1. The zero-order valence-electron chi connectivity index (χ0n) is 12.4. The van der Waals surface area contributed by atoms with Gasteiger partial charge in [-0.1, -0.05) is 32.4 Å². The van der Waals surface area contributed by atoms with Crippen molar-refractivity contribution in [2.75, 3.05) is 26.8 Å². The number of nitrogens with zero attached hydrogens (tertiary/aromatic N) is 2. The second kappa shape index (κ2) is 8.56. The van der Waals surface area contributed by atoms with Gasteiger partial charge in [0.15, 0.2) is 0 Å². The Balaban J connectivity index is 2.68. The molecule has 110 valence electrons. The lowest BCUT2D eigenvalue weighted by Crippen LogP contribution is -2.26. The van der Waals surface area contributed by atoms with E-state index in [4.69, 9.17) is 16.3 Å². The minimum atomic E-state index is 0.371. The predicted molar refractivity (Wildman–Crippen MR) is 79.9 cm³/mol. The maximum Gasteiger partial charge on any atom is 0.0820 e. The first-order chi connectivity index (χ1) is 9.11. The Morgan fingerprint density at radius 1 is 1.47 bits per heavy atom. The third kappa shape index (κ3) is 4.79. The largest absolute Gasteiger partial charge is 0.383 e. The molecule has 1 aromatic heterocycles. The molecule has 0 spiro atoms. The Hall–Kier alpha value is -0.580. The zero-order valence-corrected chi connectivity index (χ0v) is 13.2. The average Bonchev–Trinajstić information content (AvgIpc) is 2.76. The fourth-order valence-electron chi connectivity index (χ4n) is 2.13. The monoisotopic (exact) mass is 287 g/mol. The summed E-state index contributed by atoms with van der Waals surface area (Å²) in [5.74, 6) is 0.887. The lowest BCUT2D eigenvalue weighted by atomic mass is 9.92. The van der Waals surface area contributed by atoms with Crippen molar-refractivity contribution < 1.29 is 4.74 Å². The van der Waals surface area contributed by atoms with E-state index in [1.807, 2.05) is 4.68 Å². The number of ether oxygens (including phenoxy) is 1. The van der Waals surface area contributed by atoms with Gasteiger partial charge in [0.1, 0.15) is 0 Å². The highest BCUT2D eigenvalue weighted by Crippen LogP contribution is 2.29. The van der Waals surface area contributed by atoms with Gasteiger partial charge in [-0.05, 0) is 25.4 Å². The number of nitrogens with one attached hydrogen (secondary N) is 1. The van der Waals surface area contributed by atoms with E-state index in [1.165, 1.54) is 0 Å². The SMILES string of the molecule is CCCNCC(C)C(C)c1c(Cl)cnn1CCOC. The van der Waals surface area contributed by atoms with Gasteiger partial charge in [-0.2, -0.15) is 5.10 Å². The maximum atomic E-state index is 6.28. The number of hydrogen-bond acceptors (Lipinski definition) is 3. The van der Waals surface area contributed by atoms with Crippen molar-refractivity contribution in [3.05, 3.63) is 16.9 Å². The van der Waals surface area contributed by atoms with E-state index < -0.39 is 0 Å². The van der Waals surface area contributed by atoms with Crippen molar-refractivity contribution in [1.29, 1.82) is 0 Å². The highest BCUT2D eigenvalue weighted by Gasteiger charge is 2.21. The molecule has 4 nitrogen and oxygen atoms in total. The van der Waals surface area contributed by atoms with Gasteiger partial charge < -0.3 is 10.1 Å². The molecule has 0 fully saturated rings. The van der Waals surface area contributed by atoms with Crippen molar-refractivity contribution >= 4 is 11.6 Å². The first-order valence-electron chi connectivity index (χ1n) is 7.02. The number of halogens is 1. The van der Waals surface area contributed by atoms with Gasteiger partial charge in [0, 0.05) is 13.0 Å². The molecule has 0 aliphatic rings. The summed E-state index contributed by atoms with van der Waals surface area (Å²) in [6.45, 7) is 10.1. The summed E-state index contributed by atoms with van der Waals surface area (Å²) in [6.07, 6.45) is 2.89. The molecule has 1 rings (SSSR count). The Labute approximate surface area is 121 Å². The summed E-state index contributed by atoms with van der Waals surface area (Å²) in [5, 5.41) is 8.56. The van der Waals surface area contributed by atoms with E-state index in [0.717, 1.165) is 36.8 Å². The highest BCUT2D eigenvalue weighted by atomic mass is 35.5. The zero-order chi connectivity index (χ0) is 14.3. The average molecular weight is 288 g/mol. The number of aromatic nitrogens is 2. The van der Waals surface area contributed by atoms with Crippen molar-refractivity contribution in [2.45, 2.75) is 39.7 Å². The molecule has 1 heterocycles. The Kier molecular flexibility index (Phi) is 7.42. The second-order valence-electron chi connectivity index (χ2n) is 5.06. The van der Waals surface area contributed by atoms with E-state index in [1.54, 1.807) is 13.3 Å². The Bertz CT molecular complexity index is 368. The Morgan fingerprint density at radius 3 is 2.84 bits per heavy atom. The highest BCUT2D eigenvalue weighted by molar-refractivity contribution is 6.31.